The number of amides is 1. The minimum Gasteiger partial charge on any atom is -0.342 e. The van der Waals surface area contributed by atoms with Gasteiger partial charge in [0.05, 0.1) is 5.02 Å². The number of halogens is 1. The second-order valence-corrected chi connectivity index (χ2v) is 5.33. The van der Waals surface area contributed by atoms with Gasteiger partial charge in [-0.3, -0.25) is 4.79 Å². The van der Waals surface area contributed by atoms with Crippen molar-refractivity contribution in [3.8, 4) is 0 Å². The van der Waals surface area contributed by atoms with Crippen molar-refractivity contribution in [2.75, 3.05) is 13.1 Å². The Balaban J connectivity index is 2.29. The summed E-state index contributed by atoms with van der Waals surface area (Å²) in [6.07, 6.45) is 1.81. The van der Waals surface area contributed by atoms with Crippen LogP contribution in [-0.4, -0.2) is 40.5 Å². The maximum atomic E-state index is 12.6. The molecule has 5 heteroatoms. The molecule has 18 heavy (non-hydrogen) atoms. The maximum absolute atomic E-state index is 12.6. The van der Waals surface area contributed by atoms with Gasteiger partial charge in [-0.25, -0.2) is 0 Å². The normalized spacial score (nSPS) is 24.3. The van der Waals surface area contributed by atoms with Gasteiger partial charge in [-0.1, -0.05) is 11.6 Å². The first kappa shape index (κ1) is 13.4. The minimum atomic E-state index is 0.0743. The number of aryl methyl sites for hydroxylation is 1. The van der Waals surface area contributed by atoms with Gasteiger partial charge in [0.1, 0.15) is 5.69 Å². The molecule has 1 N–H and O–H groups in total. The Hall–Kier alpha value is -1.00. The fourth-order valence-corrected chi connectivity index (χ4v) is 2.80. The Kier molecular flexibility index (Phi) is 3.97. The van der Waals surface area contributed by atoms with Crippen LogP contribution in [0.25, 0.3) is 0 Å². The molecule has 1 saturated heterocycles. The molecule has 1 aromatic rings. The van der Waals surface area contributed by atoms with Crippen LogP contribution >= 0.6 is 11.6 Å². The molecule has 2 atom stereocenters. The second-order valence-electron chi connectivity index (χ2n) is 4.90. The van der Waals surface area contributed by atoms with Crippen LogP contribution in [0, 0.1) is 0 Å². The van der Waals surface area contributed by atoms with Gasteiger partial charge < -0.3 is 14.8 Å². The quantitative estimate of drug-likeness (QED) is 0.892. The molecule has 4 nitrogen and oxygen atoms in total. The van der Waals surface area contributed by atoms with Gasteiger partial charge in [-0.05, 0) is 26.8 Å². The number of rotatable bonds is 2. The monoisotopic (exact) mass is 269 g/mol. The molecule has 0 aromatic carbocycles. The molecule has 1 aliphatic rings. The van der Waals surface area contributed by atoms with Gasteiger partial charge in [0.15, 0.2) is 0 Å². The summed E-state index contributed by atoms with van der Waals surface area (Å²) in [5.74, 6) is 0.0743. The van der Waals surface area contributed by atoms with Crippen molar-refractivity contribution in [2.24, 2.45) is 0 Å². The first-order valence-corrected chi connectivity index (χ1v) is 6.81. The zero-order chi connectivity index (χ0) is 13.3. The summed E-state index contributed by atoms with van der Waals surface area (Å²) in [6, 6.07) is 2.18. The molecular weight excluding hydrogens is 250 g/mol. The molecule has 1 aliphatic heterocycles. The number of nitrogens with zero attached hydrogens (tertiary/aromatic N) is 2. The Morgan fingerprint density at radius 3 is 2.61 bits per heavy atom. The fourth-order valence-electron chi connectivity index (χ4n) is 2.58. The standard InChI is InChI=1S/C13H20ClN3O/c1-4-16-8-11(14)5-12(16)13(18)17-9(2)6-15-7-10(17)3/h5,8-10,15H,4,6-7H2,1-3H3. The van der Waals surface area contributed by atoms with Crippen molar-refractivity contribution in [1.29, 1.82) is 0 Å². The summed E-state index contributed by atoms with van der Waals surface area (Å²) in [7, 11) is 0. The first-order chi connectivity index (χ1) is 8.54. The SMILES string of the molecule is CCn1cc(Cl)cc1C(=O)N1C(C)CNCC1C. The van der Waals surface area contributed by atoms with E-state index < -0.39 is 0 Å². The highest BCUT2D eigenvalue weighted by Crippen LogP contribution is 2.19. The molecule has 0 bridgehead atoms. The van der Waals surface area contributed by atoms with Crippen molar-refractivity contribution < 1.29 is 4.79 Å². The predicted octanol–water partition coefficient (Wildman–Crippen LogP) is 1.98. The molecular formula is C13H20ClN3O. The fraction of sp³-hybridized carbons (Fsp3) is 0.615. The van der Waals surface area contributed by atoms with Crippen LogP contribution in [0.15, 0.2) is 12.3 Å². The lowest BCUT2D eigenvalue weighted by molar-refractivity contribution is 0.0533. The Bertz CT molecular complexity index is 433. The van der Waals surface area contributed by atoms with E-state index in [9.17, 15) is 4.79 Å². The summed E-state index contributed by atoms with van der Waals surface area (Å²) in [6.45, 7) is 8.59. The van der Waals surface area contributed by atoms with Crippen LogP contribution < -0.4 is 5.32 Å². The smallest absolute Gasteiger partial charge is 0.271 e. The third-order valence-electron chi connectivity index (χ3n) is 3.49. The average molecular weight is 270 g/mol. The van der Waals surface area contributed by atoms with Crippen molar-refractivity contribution in [3.63, 3.8) is 0 Å². The predicted molar refractivity (Wildman–Crippen MR) is 73.1 cm³/mol. The van der Waals surface area contributed by atoms with E-state index in [0.717, 1.165) is 19.6 Å². The average Bonchev–Trinajstić information content (AvgIpc) is 2.70. The van der Waals surface area contributed by atoms with Crippen LogP contribution in [0.1, 0.15) is 31.3 Å². The van der Waals surface area contributed by atoms with Crippen LogP contribution in [-0.2, 0) is 6.54 Å². The number of piperazine rings is 1. The highest BCUT2D eigenvalue weighted by atomic mass is 35.5. The summed E-state index contributed by atoms with van der Waals surface area (Å²) in [4.78, 5) is 14.6. The van der Waals surface area contributed by atoms with Gasteiger partial charge in [0.25, 0.3) is 5.91 Å². The second kappa shape index (κ2) is 5.33. The van der Waals surface area contributed by atoms with Gasteiger partial charge in [0, 0.05) is 37.9 Å². The van der Waals surface area contributed by atoms with Gasteiger partial charge in [-0.2, -0.15) is 0 Å². The lowest BCUT2D eigenvalue weighted by Crippen LogP contribution is -2.57. The number of hydrogen-bond donors (Lipinski definition) is 1. The molecule has 2 rings (SSSR count). The first-order valence-electron chi connectivity index (χ1n) is 6.43. The molecule has 0 spiro atoms. The van der Waals surface area contributed by atoms with E-state index in [2.05, 4.69) is 19.2 Å². The molecule has 1 aromatic heterocycles. The van der Waals surface area contributed by atoms with Crippen LogP contribution in [0.4, 0.5) is 0 Å². The summed E-state index contributed by atoms with van der Waals surface area (Å²) < 4.78 is 1.91. The van der Waals surface area contributed by atoms with E-state index in [0.29, 0.717) is 10.7 Å². The summed E-state index contributed by atoms with van der Waals surface area (Å²) in [5.41, 5.74) is 0.683. The van der Waals surface area contributed by atoms with E-state index in [4.69, 9.17) is 11.6 Å². The van der Waals surface area contributed by atoms with Crippen LogP contribution in [0.2, 0.25) is 5.02 Å². The zero-order valence-corrected chi connectivity index (χ0v) is 11.9. The summed E-state index contributed by atoms with van der Waals surface area (Å²) >= 11 is 6.00. The Morgan fingerprint density at radius 2 is 2.06 bits per heavy atom. The number of carbonyl (C=O) groups is 1. The van der Waals surface area contributed by atoms with E-state index in [1.165, 1.54) is 0 Å². The van der Waals surface area contributed by atoms with Crippen molar-refractivity contribution >= 4 is 17.5 Å². The van der Waals surface area contributed by atoms with E-state index in [-0.39, 0.29) is 18.0 Å². The molecule has 2 heterocycles. The zero-order valence-electron chi connectivity index (χ0n) is 11.1. The third-order valence-corrected chi connectivity index (χ3v) is 3.69. The van der Waals surface area contributed by atoms with Gasteiger partial charge in [-0.15, -0.1) is 0 Å². The molecule has 0 aliphatic carbocycles. The van der Waals surface area contributed by atoms with E-state index >= 15 is 0 Å². The molecule has 100 valence electrons. The molecule has 2 unspecified atom stereocenters. The largest absolute Gasteiger partial charge is 0.342 e. The van der Waals surface area contributed by atoms with E-state index in [1.807, 2.05) is 22.6 Å². The Morgan fingerprint density at radius 1 is 1.44 bits per heavy atom. The molecule has 1 amide bonds. The molecule has 0 saturated carbocycles. The van der Waals surface area contributed by atoms with Crippen molar-refractivity contribution in [1.82, 2.24) is 14.8 Å². The van der Waals surface area contributed by atoms with Crippen LogP contribution in [0.5, 0.6) is 0 Å². The number of carbonyl (C=O) groups excluding carboxylic acids is 1. The number of aromatic nitrogens is 1. The lowest BCUT2D eigenvalue weighted by Gasteiger charge is -2.39. The van der Waals surface area contributed by atoms with Crippen LogP contribution in [0.3, 0.4) is 0 Å². The number of nitrogens with one attached hydrogen (secondary N) is 1. The maximum Gasteiger partial charge on any atom is 0.271 e. The lowest BCUT2D eigenvalue weighted by atomic mass is 10.1. The molecule has 1 fully saturated rings. The van der Waals surface area contributed by atoms with Crippen molar-refractivity contribution in [2.45, 2.75) is 39.4 Å². The molecule has 0 radical (unpaired) electrons. The Labute approximate surface area is 113 Å². The summed E-state index contributed by atoms with van der Waals surface area (Å²) in [5, 5.41) is 3.95. The van der Waals surface area contributed by atoms with Gasteiger partial charge >= 0.3 is 0 Å². The topological polar surface area (TPSA) is 37.3 Å². The third kappa shape index (κ3) is 2.40. The van der Waals surface area contributed by atoms with Gasteiger partial charge in [0.2, 0.25) is 0 Å². The highest BCUT2D eigenvalue weighted by Gasteiger charge is 2.30. The van der Waals surface area contributed by atoms with E-state index in [1.54, 1.807) is 6.07 Å². The van der Waals surface area contributed by atoms with Crippen molar-refractivity contribution in [3.05, 3.63) is 23.0 Å². The minimum absolute atomic E-state index is 0.0743. The highest BCUT2D eigenvalue weighted by molar-refractivity contribution is 6.31. The number of hydrogen-bond acceptors (Lipinski definition) is 2.